The Morgan fingerprint density at radius 1 is 1.56 bits per heavy atom. The molecular formula is C13H10N2O2S. The average Bonchev–Trinajstić information content (AvgIpc) is 2.93. The summed E-state index contributed by atoms with van der Waals surface area (Å²) in [6.45, 7) is 0. The molecule has 0 saturated heterocycles. The molecule has 0 aliphatic rings. The maximum absolute atomic E-state index is 12.1. The Kier molecular flexibility index (Phi) is 3.70. The van der Waals surface area contributed by atoms with Crippen molar-refractivity contribution in [3.05, 3.63) is 46.4 Å². The number of thiazole rings is 1. The first kappa shape index (κ1) is 12.3. The molecule has 0 N–H and O–H groups in total. The van der Waals surface area contributed by atoms with Crippen molar-refractivity contribution in [2.45, 2.75) is 5.92 Å². The first-order valence-electron chi connectivity index (χ1n) is 5.22. The van der Waals surface area contributed by atoms with Gasteiger partial charge in [-0.1, -0.05) is 12.1 Å². The minimum absolute atomic E-state index is 0.228. The van der Waals surface area contributed by atoms with Crippen LogP contribution in [0.25, 0.3) is 0 Å². The van der Waals surface area contributed by atoms with Gasteiger partial charge in [0.1, 0.15) is 11.7 Å². The topological polar surface area (TPSA) is 63.0 Å². The van der Waals surface area contributed by atoms with Crippen molar-refractivity contribution in [1.29, 1.82) is 5.26 Å². The van der Waals surface area contributed by atoms with Gasteiger partial charge in [-0.2, -0.15) is 5.26 Å². The van der Waals surface area contributed by atoms with E-state index in [0.717, 1.165) is 0 Å². The maximum atomic E-state index is 12.1. The van der Waals surface area contributed by atoms with Crippen LogP contribution in [0.2, 0.25) is 0 Å². The van der Waals surface area contributed by atoms with Crippen molar-refractivity contribution in [2.75, 3.05) is 7.11 Å². The molecule has 0 spiro atoms. The zero-order valence-corrected chi connectivity index (χ0v) is 10.5. The van der Waals surface area contributed by atoms with Crippen molar-refractivity contribution >= 4 is 17.1 Å². The van der Waals surface area contributed by atoms with E-state index in [1.54, 1.807) is 36.9 Å². The number of carbonyl (C=O) groups is 1. The summed E-state index contributed by atoms with van der Waals surface area (Å²) < 4.78 is 5.09. The molecule has 1 aromatic carbocycles. The van der Waals surface area contributed by atoms with E-state index in [1.165, 1.54) is 17.5 Å². The third-order valence-corrected chi connectivity index (χ3v) is 3.28. The van der Waals surface area contributed by atoms with Crippen molar-refractivity contribution in [1.82, 2.24) is 4.98 Å². The predicted octanol–water partition coefficient (Wildman–Crippen LogP) is 2.64. The minimum atomic E-state index is -0.819. The number of hydrogen-bond acceptors (Lipinski definition) is 5. The van der Waals surface area contributed by atoms with Crippen LogP contribution in [0.1, 0.15) is 21.2 Å². The van der Waals surface area contributed by atoms with Crippen molar-refractivity contribution < 1.29 is 9.53 Å². The Morgan fingerprint density at radius 3 is 3.00 bits per heavy atom. The fourth-order valence-electron chi connectivity index (χ4n) is 1.59. The molecule has 1 atom stereocenters. The van der Waals surface area contributed by atoms with Gasteiger partial charge < -0.3 is 4.74 Å². The number of Topliss-reactive ketones (excluding diaryl/α,β-unsaturated/α-hetero) is 1. The van der Waals surface area contributed by atoms with Gasteiger partial charge in [0, 0.05) is 6.20 Å². The van der Waals surface area contributed by atoms with Gasteiger partial charge in [0.2, 0.25) is 0 Å². The van der Waals surface area contributed by atoms with Crippen LogP contribution in [0.4, 0.5) is 0 Å². The molecule has 0 aliphatic carbocycles. The first-order chi connectivity index (χ1) is 8.76. The van der Waals surface area contributed by atoms with E-state index in [1.807, 2.05) is 6.07 Å². The molecule has 0 fully saturated rings. The second kappa shape index (κ2) is 5.43. The highest BCUT2D eigenvalue weighted by Crippen LogP contribution is 2.25. The Bertz CT molecular complexity index is 587. The lowest BCUT2D eigenvalue weighted by atomic mass is 9.95. The largest absolute Gasteiger partial charge is 0.497 e. The second-order valence-electron chi connectivity index (χ2n) is 3.57. The fraction of sp³-hybridized carbons (Fsp3) is 0.154. The number of ether oxygens (including phenoxy) is 1. The van der Waals surface area contributed by atoms with E-state index in [2.05, 4.69) is 4.98 Å². The average molecular weight is 258 g/mol. The van der Waals surface area contributed by atoms with E-state index < -0.39 is 5.92 Å². The van der Waals surface area contributed by atoms with Crippen molar-refractivity contribution in [3.63, 3.8) is 0 Å². The van der Waals surface area contributed by atoms with Crippen LogP contribution in [0.3, 0.4) is 0 Å². The predicted molar refractivity (Wildman–Crippen MR) is 67.8 cm³/mol. The Hall–Kier alpha value is -2.19. The normalized spacial score (nSPS) is 11.6. The van der Waals surface area contributed by atoms with Crippen molar-refractivity contribution in [2.24, 2.45) is 0 Å². The number of nitrogens with zero attached hydrogens (tertiary/aromatic N) is 2. The van der Waals surface area contributed by atoms with Crippen LogP contribution in [0, 0.1) is 11.3 Å². The Balaban J connectivity index is 2.34. The van der Waals surface area contributed by atoms with Crippen molar-refractivity contribution in [3.8, 4) is 11.8 Å². The van der Waals surface area contributed by atoms with Gasteiger partial charge in [-0.05, 0) is 17.7 Å². The van der Waals surface area contributed by atoms with Crippen LogP contribution in [0.5, 0.6) is 5.75 Å². The summed E-state index contributed by atoms with van der Waals surface area (Å²) in [6, 6.07) is 9.01. The van der Waals surface area contributed by atoms with Gasteiger partial charge in [0.15, 0.2) is 5.78 Å². The summed E-state index contributed by atoms with van der Waals surface area (Å²) in [6.07, 6.45) is 1.48. The Labute approximate surface area is 108 Å². The van der Waals surface area contributed by atoms with E-state index >= 15 is 0 Å². The van der Waals surface area contributed by atoms with Crippen LogP contribution in [0.15, 0.2) is 36.0 Å². The van der Waals surface area contributed by atoms with Crippen LogP contribution in [-0.4, -0.2) is 17.9 Å². The van der Waals surface area contributed by atoms with Gasteiger partial charge in [-0.15, -0.1) is 11.3 Å². The number of benzene rings is 1. The van der Waals surface area contributed by atoms with Gasteiger partial charge in [0.25, 0.3) is 0 Å². The highest BCUT2D eigenvalue weighted by Gasteiger charge is 2.23. The highest BCUT2D eigenvalue weighted by molar-refractivity contribution is 7.11. The molecule has 2 aromatic rings. The molecule has 2 rings (SSSR count). The van der Waals surface area contributed by atoms with E-state index in [-0.39, 0.29) is 5.78 Å². The highest BCUT2D eigenvalue weighted by atomic mass is 32.1. The third kappa shape index (κ3) is 2.39. The van der Waals surface area contributed by atoms with Gasteiger partial charge in [0.05, 0.1) is 23.6 Å². The first-order valence-corrected chi connectivity index (χ1v) is 6.10. The summed E-state index contributed by atoms with van der Waals surface area (Å²) in [5, 5.41) is 9.18. The van der Waals surface area contributed by atoms with Gasteiger partial charge >= 0.3 is 0 Å². The zero-order chi connectivity index (χ0) is 13.0. The molecule has 5 heteroatoms. The molecule has 1 heterocycles. The van der Waals surface area contributed by atoms with Crippen LogP contribution in [-0.2, 0) is 0 Å². The summed E-state index contributed by atoms with van der Waals surface area (Å²) in [5.41, 5.74) is 2.21. The minimum Gasteiger partial charge on any atom is -0.497 e. The lowest BCUT2D eigenvalue weighted by Crippen LogP contribution is -2.09. The smallest absolute Gasteiger partial charge is 0.195 e. The molecule has 0 amide bonds. The van der Waals surface area contributed by atoms with E-state index in [9.17, 15) is 10.1 Å². The molecule has 1 aromatic heterocycles. The molecule has 0 bridgehead atoms. The number of hydrogen-bond donors (Lipinski definition) is 0. The number of rotatable bonds is 4. The summed E-state index contributed by atoms with van der Waals surface area (Å²) in [7, 11) is 1.55. The number of methoxy groups -OCH3 is 1. The zero-order valence-electron chi connectivity index (χ0n) is 9.66. The lowest BCUT2D eigenvalue weighted by Gasteiger charge is -2.08. The molecule has 0 aliphatic heterocycles. The molecule has 0 saturated carbocycles. The summed E-state index contributed by atoms with van der Waals surface area (Å²) in [5.74, 6) is -0.418. The van der Waals surface area contributed by atoms with Gasteiger partial charge in [-0.3, -0.25) is 9.78 Å². The molecule has 0 radical (unpaired) electrons. The number of ketones is 1. The third-order valence-electron chi connectivity index (χ3n) is 2.49. The second-order valence-corrected chi connectivity index (χ2v) is 4.46. The lowest BCUT2D eigenvalue weighted by molar-refractivity contribution is 0.0982. The molecule has 90 valence electrons. The standard InChI is InChI=1S/C13H10N2O2S/c1-17-10-4-2-3-9(5-10)11(6-14)13(16)12-7-15-8-18-12/h2-5,7-8,11H,1H3. The molecule has 1 unspecified atom stereocenters. The number of carbonyl (C=O) groups excluding carboxylic acids is 1. The summed E-state index contributed by atoms with van der Waals surface area (Å²) in [4.78, 5) is 16.5. The molecular weight excluding hydrogens is 248 g/mol. The monoisotopic (exact) mass is 258 g/mol. The molecule has 18 heavy (non-hydrogen) atoms. The van der Waals surface area contributed by atoms with E-state index in [4.69, 9.17) is 4.74 Å². The quantitative estimate of drug-likeness (QED) is 0.791. The number of aromatic nitrogens is 1. The molecule has 4 nitrogen and oxygen atoms in total. The summed E-state index contributed by atoms with van der Waals surface area (Å²) >= 11 is 1.24. The maximum Gasteiger partial charge on any atom is 0.195 e. The Morgan fingerprint density at radius 2 is 2.39 bits per heavy atom. The fourth-order valence-corrected chi connectivity index (χ4v) is 2.18. The SMILES string of the molecule is COc1cccc(C(C#N)C(=O)c2cncs2)c1. The van der Waals surface area contributed by atoms with Crippen LogP contribution < -0.4 is 4.74 Å². The number of nitriles is 1. The van der Waals surface area contributed by atoms with Gasteiger partial charge in [-0.25, -0.2) is 0 Å². The van der Waals surface area contributed by atoms with Crippen LogP contribution >= 0.6 is 11.3 Å². The van der Waals surface area contributed by atoms with E-state index in [0.29, 0.717) is 16.2 Å².